The lowest BCUT2D eigenvalue weighted by Gasteiger charge is -2.12. The van der Waals surface area contributed by atoms with Gasteiger partial charge in [0.05, 0.1) is 11.4 Å². The maximum atomic E-state index is 10.00. The van der Waals surface area contributed by atoms with E-state index in [-0.39, 0.29) is 0 Å². The number of ether oxygens (including phenoxy) is 1. The first-order valence-corrected chi connectivity index (χ1v) is 7.16. The molecule has 0 spiro atoms. The van der Waals surface area contributed by atoms with Crippen molar-refractivity contribution in [2.24, 2.45) is 0 Å². The van der Waals surface area contributed by atoms with Gasteiger partial charge in [-0.05, 0) is 18.2 Å². The second kappa shape index (κ2) is 6.91. The number of thiophene rings is 1. The van der Waals surface area contributed by atoms with Crippen molar-refractivity contribution in [3.8, 4) is 5.75 Å². The van der Waals surface area contributed by atoms with Crippen LogP contribution in [0, 0.1) is 0 Å². The summed E-state index contributed by atoms with van der Waals surface area (Å²) in [6, 6.07) is 11.5. The molecule has 0 bridgehead atoms. The fraction of sp³-hybridized carbons (Fsp3) is 0.286. The Morgan fingerprint density at radius 1 is 1.32 bits per heavy atom. The first kappa shape index (κ1) is 14.3. The zero-order valence-corrected chi connectivity index (χ0v) is 12.2. The highest BCUT2D eigenvalue weighted by Crippen LogP contribution is 2.26. The van der Waals surface area contributed by atoms with Crippen molar-refractivity contribution in [2.75, 3.05) is 13.7 Å². The molecule has 0 aliphatic carbocycles. The predicted octanol–water partition coefficient (Wildman–Crippen LogP) is 3.23. The van der Waals surface area contributed by atoms with Crippen LogP contribution in [0.25, 0.3) is 0 Å². The zero-order chi connectivity index (χ0) is 13.7. The van der Waals surface area contributed by atoms with E-state index >= 15 is 0 Å². The molecule has 1 atom stereocenters. The average molecular weight is 298 g/mol. The van der Waals surface area contributed by atoms with E-state index in [1.54, 1.807) is 13.2 Å². The number of aliphatic hydroxyl groups excluding tert-OH is 1. The first-order valence-electron chi connectivity index (χ1n) is 5.96. The maximum absolute atomic E-state index is 10.00. The van der Waals surface area contributed by atoms with Crippen LogP contribution in [0.15, 0.2) is 36.4 Å². The Bertz CT molecular complexity index is 530. The van der Waals surface area contributed by atoms with Gasteiger partial charge in [-0.3, -0.25) is 0 Å². The van der Waals surface area contributed by atoms with E-state index in [0.29, 0.717) is 17.4 Å². The fourth-order valence-corrected chi connectivity index (χ4v) is 2.85. The van der Waals surface area contributed by atoms with E-state index in [4.69, 9.17) is 16.3 Å². The topological polar surface area (TPSA) is 41.5 Å². The Kier molecular flexibility index (Phi) is 5.22. The van der Waals surface area contributed by atoms with Gasteiger partial charge in [0, 0.05) is 23.5 Å². The lowest BCUT2D eigenvalue weighted by Crippen LogP contribution is -2.20. The molecule has 0 saturated heterocycles. The second-order valence-electron chi connectivity index (χ2n) is 4.10. The van der Waals surface area contributed by atoms with Crippen LogP contribution in [-0.2, 0) is 6.54 Å². The number of rotatable bonds is 6. The number of para-hydroxylation sites is 1. The minimum absolute atomic E-state index is 0.481. The number of halogens is 1. The third-order valence-corrected chi connectivity index (χ3v) is 4.10. The summed E-state index contributed by atoms with van der Waals surface area (Å²) in [5, 5.41) is 13.2. The Morgan fingerprint density at radius 3 is 2.79 bits per heavy atom. The number of hydrogen-bond acceptors (Lipinski definition) is 4. The molecule has 2 rings (SSSR count). The first-order chi connectivity index (χ1) is 9.20. The highest BCUT2D eigenvalue weighted by molar-refractivity contribution is 7.16. The summed E-state index contributed by atoms with van der Waals surface area (Å²) in [5.74, 6) is 0.851. The van der Waals surface area contributed by atoms with Crippen LogP contribution in [0.4, 0.5) is 0 Å². The molecule has 0 saturated carbocycles. The van der Waals surface area contributed by atoms with E-state index in [2.05, 4.69) is 5.32 Å². The number of aliphatic hydroxyl groups is 1. The van der Waals surface area contributed by atoms with Crippen molar-refractivity contribution in [2.45, 2.75) is 12.6 Å². The lowest BCUT2D eigenvalue weighted by atomic mass is 10.2. The molecule has 5 heteroatoms. The molecular weight excluding hydrogens is 282 g/mol. The standard InChI is InChI=1S/C14H16ClNO2S/c1-18-12-5-3-2-4-10(12)8-16-9-11(17)13-6-7-14(15)19-13/h2-7,11,16-17H,8-9H2,1H3. The van der Waals surface area contributed by atoms with Gasteiger partial charge in [-0.25, -0.2) is 0 Å². The fourth-order valence-electron chi connectivity index (χ4n) is 1.80. The highest BCUT2D eigenvalue weighted by atomic mass is 35.5. The monoisotopic (exact) mass is 297 g/mol. The SMILES string of the molecule is COc1ccccc1CNCC(O)c1ccc(Cl)s1. The molecule has 1 aromatic heterocycles. The highest BCUT2D eigenvalue weighted by Gasteiger charge is 2.10. The van der Waals surface area contributed by atoms with Crippen LogP contribution >= 0.6 is 22.9 Å². The van der Waals surface area contributed by atoms with Crippen LogP contribution in [-0.4, -0.2) is 18.8 Å². The summed E-state index contributed by atoms with van der Waals surface area (Å²) < 4.78 is 5.97. The molecule has 0 fully saturated rings. The summed E-state index contributed by atoms with van der Waals surface area (Å²) in [7, 11) is 1.65. The molecule has 0 amide bonds. The lowest BCUT2D eigenvalue weighted by molar-refractivity contribution is 0.178. The molecule has 0 aliphatic heterocycles. The molecule has 1 unspecified atom stereocenters. The van der Waals surface area contributed by atoms with Crippen molar-refractivity contribution in [1.82, 2.24) is 5.32 Å². The largest absolute Gasteiger partial charge is 0.496 e. The normalized spacial score (nSPS) is 12.4. The van der Waals surface area contributed by atoms with Gasteiger partial charge in [-0.15, -0.1) is 11.3 Å². The van der Waals surface area contributed by atoms with E-state index in [1.807, 2.05) is 30.3 Å². The Morgan fingerprint density at radius 2 is 2.11 bits per heavy atom. The average Bonchev–Trinajstić information content (AvgIpc) is 2.86. The summed E-state index contributed by atoms with van der Waals surface area (Å²) >= 11 is 7.24. The molecule has 102 valence electrons. The molecule has 0 aliphatic rings. The van der Waals surface area contributed by atoms with Gasteiger partial charge in [0.25, 0.3) is 0 Å². The summed E-state index contributed by atoms with van der Waals surface area (Å²) in [6.45, 7) is 1.13. The molecule has 2 aromatic rings. The van der Waals surface area contributed by atoms with E-state index in [1.165, 1.54) is 11.3 Å². The molecular formula is C14H16ClNO2S. The third-order valence-electron chi connectivity index (χ3n) is 2.77. The smallest absolute Gasteiger partial charge is 0.123 e. The Hall–Kier alpha value is -1.07. The van der Waals surface area contributed by atoms with Gasteiger partial charge < -0.3 is 15.2 Å². The van der Waals surface area contributed by atoms with Crippen molar-refractivity contribution in [1.29, 1.82) is 0 Å². The Labute approximate surface area is 121 Å². The third kappa shape index (κ3) is 3.94. The number of methoxy groups -OCH3 is 1. The second-order valence-corrected chi connectivity index (χ2v) is 5.85. The van der Waals surface area contributed by atoms with Crippen molar-refractivity contribution >= 4 is 22.9 Å². The molecule has 2 N–H and O–H groups in total. The molecule has 3 nitrogen and oxygen atoms in total. The van der Waals surface area contributed by atoms with Gasteiger partial charge in [0.15, 0.2) is 0 Å². The quantitative estimate of drug-likeness (QED) is 0.860. The van der Waals surface area contributed by atoms with Crippen molar-refractivity contribution in [3.05, 3.63) is 51.2 Å². The maximum Gasteiger partial charge on any atom is 0.123 e. The summed E-state index contributed by atoms with van der Waals surface area (Å²) in [6.07, 6.45) is -0.535. The minimum atomic E-state index is -0.535. The summed E-state index contributed by atoms with van der Waals surface area (Å²) in [4.78, 5) is 0.873. The van der Waals surface area contributed by atoms with Gasteiger partial charge in [0.1, 0.15) is 11.9 Å². The predicted molar refractivity (Wildman–Crippen MR) is 79.0 cm³/mol. The molecule has 19 heavy (non-hydrogen) atoms. The minimum Gasteiger partial charge on any atom is -0.496 e. The van der Waals surface area contributed by atoms with Gasteiger partial charge in [-0.2, -0.15) is 0 Å². The van der Waals surface area contributed by atoms with Crippen LogP contribution in [0.2, 0.25) is 4.34 Å². The number of benzene rings is 1. The molecule has 0 radical (unpaired) electrons. The number of nitrogens with one attached hydrogen (secondary N) is 1. The van der Waals surface area contributed by atoms with E-state index in [0.717, 1.165) is 16.2 Å². The van der Waals surface area contributed by atoms with Gasteiger partial charge in [0.2, 0.25) is 0 Å². The van der Waals surface area contributed by atoms with Crippen LogP contribution in [0.5, 0.6) is 5.75 Å². The van der Waals surface area contributed by atoms with E-state index in [9.17, 15) is 5.11 Å². The van der Waals surface area contributed by atoms with Crippen molar-refractivity contribution in [3.63, 3.8) is 0 Å². The van der Waals surface area contributed by atoms with Crippen LogP contribution in [0.3, 0.4) is 0 Å². The van der Waals surface area contributed by atoms with Gasteiger partial charge >= 0.3 is 0 Å². The van der Waals surface area contributed by atoms with Crippen LogP contribution < -0.4 is 10.1 Å². The molecule has 1 heterocycles. The molecule has 1 aromatic carbocycles. The number of hydrogen-bond donors (Lipinski definition) is 2. The van der Waals surface area contributed by atoms with E-state index < -0.39 is 6.10 Å². The van der Waals surface area contributed by atoms with Crippen LogP contribution in [0.1, 0.15) is 16.5 Å². The van der Waals surface area contributed by atoms with Crippen molar-refractivity contribution < 1.29 is 9.84 Å². The Balaban J connectivity index is 1.86. The summed E-state index contributed by atoms with van der Waals surface area (Å²) in [5.41, 5.74) is 1.07. The van der Waals surface area contributed by atoms with Gasteiger partial charge in [-0.1, -0.05) is 29.8 Å². The zero-order valence-electron chi connectivity index (χ0n) is 10.6.